The number of rotatable bonds is 2. The summed E-state index contributed by atoms with van der Waals surface area (Å²) in [5, 5.41) is 1.85. The van der Waals surface area contributed by atoms with Gasteiger partial charge in [-0.1, -0.05) is 0 Å². The summed E-state index contributed by atoms with van der Waals surface area (Å²) in [5.74, 6) is 0.680. The van der Waals surface area contributed by atoms with E-state index in [1.54, 1.807) is 18.1 Å². The molecule has 1 aromatic rings. The molecule has 0 radical (unpaired) electrons. The van der Waals surface area contributed by atoms with Crippen LogP contribution in [0.3, 0.4) is 0 Å². The van der Waals surface area contributed by atoms with E-state index in [0.29, 0.717) is 23.7 Å². The van der Waals surface area contributed by atoms with E-state index >= 15 is 0 Å². The van der Waals surface area contributed by atoms with Crippen molar-refractivity contribution in [3.63, 3.8) is 0 Å². The van der Waals surface area contributed by atoms with Crippen LogP contribution in [0.5, 0.6) is 5.75 Å². The van der Waals surface area contributed by atoms with Gasteiger partial charge in [-0.15, -0.1) is 11.3 Å². The zero-order valence-electron chi connectivity index (χ0n) is 7.90. The number of nitrogens with zero attached hydrogens (tertiary/aromatic N) is 1. The minimum atomic E-state index is 0.0264. The van der Waals surface area contributed by atoms with Crippen molar-refractivity contribution in [3.8, 4) is 5.75 Å². The minimum absolute atomic E-state index is 0.0264. The Labute approximate surface area is 86.3 Å². The van der Waals surface area contributed by atoms with E-state index in [0.717, 1.165) is 0 Å². The number of hydrogen-bond donors (Lipinski definition) is 1. The maximum absolute atomic E-state index is 11.8. The number of nitrogens with two attached hydrogens (primary N) is 1. The van der Waals surface area contributed by atoms with Gasteiger partial charge in [-0.25, -0.2) is 0 Å². The molecule has 14 heavy (non-hydrogen) atoms. The van der Waals surface area contributed by atoms with Crippen LogP contribution in [0.4, 0.5) is 0 Å². The molecule has 0 saturated carbocycles. The monoisotopic (exact) mass is 212 g/mol. The number of likely N-dealkylation sites (tertiary alicyclic amines) is 1. The van der Waals surface area contributed by atoms with Gasteiger partial charge in [0, 0.05) is 19.1 Å². The number of methoxy groups -OCH3 is 1. The Balaban J connectivity index is 2.11. The Hall–Kier alpha value is -1.07. The van der Waals surface area contributed by atoms with Crippen LogP contribution in [-0.2, 0) is 0 Å². The molecule has 1 aliphatic heterocycles. The molecule has 2 rings (SSSR count). The van der Waals surface area contributed by atoms with Gasteiger partial charge in [-0.05, 0) is 11.4 Å². The van der Waals surface area contributed by atoms with Gasteiger partial charge in [0.1, 0.15) is 10.6 Å². The molecule has 0 spiro atoms. The fraction of sp³-hybridized carbons (Fsp3) is 0.444. The molecule has 2 N–H and O–H groups in total. The van der Waals surface area contributed by atoms with Crippen molar-refractivity contribution in [1.29, 1.82) is 0 Å². The van der Waals surface area contributed by atoms with Crippen molar-refractivity contribution in [2.24, 2.45) is 5.73 Å². The van der Waals surface area contributed by atoms with Gasteiger partial charge >= 0.3 is 0 Å². The molecule has 5 heteroatoms. The third kappa shape index (κ3) is 1.49. The highest BCUT2D eigenvalue weighted by Crippen LogP contribution is 2.27. The lowest BCUT2D eigenvalue weighted by Gasteiger charge is -2.36. The maximum Gasteiger partial charge on any atom is 0.267 e. The van der Waals surface area contributed by atoms with Gasteiger partial charge < -0.3 is 15.4 Å². The molecule has 1 saturated heterocycles. The Kier molecular flexibility index (Phi) is 2.43. The second kappa shape index (κ2) is 3.59. The van der Waals surface area contributed by atoms with Crippen LogP contribution < -0.4 is 10.5 Å². The van der Waals surface area contributed by atoms with Crippen LogP contribution in [0, 0.1) is 0 Å². The van der Waals surface area contributed by atoms with Gasteiger partial charge in [0.2, 0.25) is 0 Å². The average Bonchev–Trinajstić information content (AvgIpc) is 2.59. The Morgan fingerprint density at radius 3 is 3.00 bits per heavy atom. The van der Waals surface area contributed by atoms with Gasteiger partial charge in [-0.3, -0.25) is 4.79 Å². The van der Waals surface area contributed by atoms with E-state index in [4.69, 9.17) is 10.5 Å². The van der Waals surface area contributed by atoms with Crippen LogP contribution in [0.25, 0.3) is 0 Å². The van der Waals surface area contributed by atoms with Crippen LogP contribution in [-0.4, -0.2) is 37.0 Å². The molecular weight excluding hydrogens is 200 g/mol. The molecule has 1 aliphatic rings. The van der Waals surface area contributed by atoms with Crippen molar-refractivity contribution in [1.82, 2.24) is 4.90 Å². The number of hydrogen-bond acceptors (Lipinski definition) is 4. The Morgan fingerprint density at radius 1 is 1.71 bits per heavy atom. The van der Waals surface area contributed by atoms with E-state index in [-0.39, 0.29) is 11.9 Å². The molecule has 2 heterocycles. The number of amides is 1. The van der Waals surface area contributed by atoms with E-state index in [1.165, 1.54) is 11.3 Å². The zero-order chi connectivity index (χ0) is 10.1. The predicted octanol–water partition coefficient (Wildman–Crippen LogP) is 0.540. The van der Waals surface area contributed by atoms with Gasteiger partial charge in [0.05, 0.1) is 7.11 Å². The number of carbonyl (C=O) groups excluding carboxylic acids is 1. The average molecular weight is 212 g/mol. The Bertz CT molecular complexity index is 344. The summed E-state index contributed by atoms with van der Waals surface area (Å²) < 4.78 is 5.08. The van der Waals surface area contributed by atoms with Crippen molar-refractivity contribution in [3.05, 3.63) is 16.3 Å². The maximum atomic E-state index is 11.8. The standard InChI is InChI=1S/C9H12N2O2S/c1-13-7-2-3-14-8(7)9(12)11-4-6(10)5-11/h2-3,6H,4-5,10H2,1H3. The summed E-state index contributed by atoms with van der Waals surface area (Å²) in [5.41, 5.74) is 5.61. The smallest absolute Gasteiger partial charge is 0.267 e. The quantitative estimate of drug-likeness (QED) is 0.778. The highest BCUT2D eigenvalue weighted by molar-refractivity contribution is 7.12. The van der Waals surface area contributed by atoms with Crippen LogP contribution >= 0.6 is 11.3 Å². The first-order valence-corrected chi connectivity index (χ1v) is 5.26. The summed E-state index contributed by atoms with van der Waals surface area (Å²) in [7, 11) is 1.57. The van der Waals surface area contributed by atoms with Crippen molar-refractivity contribution >= 4 is 17.2 Å². The summed E-state index contributed by atoms with van der Waals surface area (Å²) >= 11 is 1.40. The molecule has 1 aromatic heterocycles. The Morgan fingerprint density at radius 2 is 2.43 bits per heavy atom. The van der Waals surface area contributed by atoms with Gasteiger partial charge in [-0.2, -0.15) is 0 Å². The van der Waals surface area contributed by atoms with Crippen LogP contribution in [0.2, 0.25) is 0 Å². The normalized spacial score (nSPS) is 16.6. The van der Waals surface area contributed by atoms with E-state index in [1.807, 2.05) is 5.38 Å². The van der Waals surface area contributed by atoms with Crippen molar-refractivity contribution in [2.45, 2.75) is 6.04 Å². The second-order valence-corrected chi connectivity index (χ2v) is 4.20. The van der Waals surface area contributed by atoms with Crippen LogP contribution in [0.1, 0.15) is 9.67 Å². The molecule has 0 unspecified atom stereocenters. The molecule has 0 bridgehead atoms. The summed E-state index contributed by atoms with van der Waals surface area (Å²) in [6.07, 6.45) is 0. The molecule has 1 fully saturated rings. The van der Waals surface area contributed by atoms with Crippen molar-refractivity contribution < 1.29 is 9.53 Å². The van der Waals surface area contributed by atoms with Crippen molar-refractivity contribution in [2.75, 3.05) is 20.2 Å². The lowest BCUT2D eigenvalue weighted by molar-refractivity contribution is 0.0610. The zero-order valence-corrected chi connectivity index (χ0v) is 8.71. The van der Waals surface area contributed by atoms with Gasteiger partial charge in [0.25, 0.3) is 5.91 Å². The van der Waals surface area contributed by atoms with E-state index in [2.05, 4.69) is 0 Å². The number of thiophene rings is 1. The first-order chi connectivity index (χ1) is 6.72. The number of carbonyl (C=O) groups is 1. The highest BCUT2D eigenvalue weighted by Gasteiger charge is 2.30. The summed E-state index contributed by atoms with van der Waals surface area (Å²) in [6.45, 7) is 1.31. The fourth-order valence-corrected chi connectivity index (χ4v) is 2.26. The summed E-state index contributed by atoms with van der Waals surface area (Å²) in [4.78, 5) is 14.2. The molecule has 0 aromatic carbocycles. The highest BCUT2D eigenvalue weighted by atomic mass is 32.1. The molecular formula is C9H12N2O2S. The first-order valence-electron chi connectivity index (χ1n) is 4.38. The predicted molar refractivity (Wildman–Crippen MR) is 54.7 cm³/mol. The minimum Gasteiger partial charge on any atom is -0.495 e. The molecule has 0 aliphatic carbocycles. The third-order valence-corrected chi connectivity index (χ3v) is 3.12. The largest absolute Gasteiger partial charge is 0.495 e. The van der Waals surface area contributed by atoms with Crippen LogP contribution in [0.15, 0.2) is 11.4 Å². The molecule has 76 valence electrons. The fourth-order valence-electron chi connectivity index (χ4n) is 1.44. The van der Waals surface area contributed by atoms with Gasteiger partial charge in [0.15, 0.2) is 0 Å². The molecule has 1 amide bonds. The van der Waals surface area contributed by atoms with E-state index < -0.39 is 0 Å². The number of ether oxygens (including phenoxy) is 1. The SMILES string of the molecule is COc1ccsc1C(=O)N1CC(N)C1. The molecule has 0 atom stereocenters. The lowest BCUT2D eigenvalue weighted by atomic mass is 10.1. The van der Waals surface area contributed by atoms with E-state index in [9.17, 15) is 4.79 Å². The second-order valence-electron chi connectivity index (χ2n) is 3.29. The third-order valence-electron chi connectivity index (χ3n) is 2.24. The summed E-state index contributed by atoms with van der Waals surface area (Å²) in [6, 6.07) is 1.95. The molecule has 4 nitrogen and oxygen atoms in total. The lowest BCUT2D eigenvalue weighted by Crippen LogP contribution is -2.57. The topological polar surface area (TPSA) is 55.6 Å². The first kappa shape index (κ1) is 9.48.